The van der Waals surface area contributed by atoms with Gasteiger partial charge in [0.25, 0.3) is 0 Å². The van der Waals surface area contributed by atoms with Crippen LogP contribution in [0.15, 0.2) is 18.2 Å². The molecule has 0 radical (unpaired) electrons. The number of hydrogen-bond donors (Lipinski definition) is 2. The molecule has 0 saturated heterocycles. The molecule has 0 aromatic heterocycles. The predicted molar refractivity (Wildman–Crippen MR) is 69.0 cm³/mol. The van der Waals surface area contributed by atoms with Gasteiger partial charge in [-0.3, -0.25) is 0 Å². The van der Waals surface area contributed by atoms with Gasteiger partial charge >= 0.3 is 0 Å². The van der Waals surface area contributed by atoms with Crippen LogP contribution >= 0.6 is 23.2 Å². The number of aliphatic hydroxyl groups excluding tert-OH is 1. The van der Waals surface area contributed by atoms with E-state index in [-0.39, 0.29) is 12.0 Å². The Morgan fingerprint density at radius 3 is 2.56 bits per heavy atom. The van der Waals surface area contributed by atoms with Gasteiger partial charge in [0.1, 0.15) is 0 Å². The molecule has 1 unspecified atom stereocenters. The lowest BCUT2D eigenvalue weighted by Gasteiger charge is -2.29. The summed E-state index contributed by atoms with van der Waals surface area (Å²) in [6, 6.07) is 5.53. The highest BCUT2D eigenvalue weighted by Crippen LogP contribution is 2.32. The van der Waals surface area contributed by atoms with Crippen LogP contribution in [-0.4, -0.2) is 18.3 Å². The molecule has 16 heavy (non-hydrogen) atoms. The smallest absolute Gasteiger partial charge is 0.0624 e. The maximum atomic E-state index is 9.44. The largest absolute Gasteiger partial charge is 0.396 e. The number of aliphatic hydroxyl groups is 1. The molecule has 0 bridgehead atoms. The highest BCUT2D eigenvalue weighted by molar-refractivity contribution is 6.42. The Bertz CT molecular complexity index is 343. The second kappa shape index (κ2) is 5.87. The van der Waals surface area contributed by atoms with Crippen LogP contribution in [0.3, 0.4) is 0 Å². The van der Waals surface area contributed by atoms with E-state index in [9.17, 15) is 5.11 Å². The molecule has 3 N–H and O–H groups in total. The van der Waals surface area contributed by atoms with Crippen LogP contribution in [0.2, 0.25) is 10.0 Å². The van der Waals surface area contributed by atoms with E-state index in [4.69, 9.17) is 28.9 Å². The molecule has 0 saturated carbocycles. The molecule has 0 spiro atoms. The molecular weight excluding hydrogens is 245 g/mol. The molecule has 1 aromatic carbocycles. The molecule has 0 aliphatic rings. The maximum absolute atomic E-state index is 9.44. The number of hydrogen-bond acceptors (Lipinski definition) is 2. The zero-order chi connectivity index (χ0) is 12.2. The molecule has 1 atom stereocenters. The minimum atomic E-state index is -0.297. The Kier molecular flexibility index (Phi) is 5.06. The summed E-state index contributed by atoms with van der Waals surface area (Å²) in [5.41, 5.74) is 6.37. The summed E-state index contributed by atoms with van der Waals surface area (Å²) in [4.78, 5) is 0. The third kappa shape index (κ3) is 2.89. The molecule has 90 valence electrons. The van der Waals surface area contributed by atoms with Crippen LogP contribution in [-0.2, 0) is 6.42 Å². The summed E-state index contributed by atoms with van der Waals surface area (Å²) in [5, 5.41) is 10.5. The molecule has 1 aromatic rings. The molecular formula is C12H17Cl2NO. The van der Waals surface area contributed by atoms with Crippen molar-refractivity contribution < 1.29 is 5.11 Å². The van der Waals surface area contributed by atoms with Gasteiger partial charge < -0.3 is 10.8 Å². The maximum Gasteiger partial charge on any atom is 0.0624 e. The third-order valence-corrected chi connectivity index (χ3v) is 3.97. The van der Waals surface area contributed by atoms with Crippen LogP contribution < -0.4 is 5.73 Å². The van der Waals surface area contributed by atoms with Gasteiger partial charge in [-0.05, 0) is 24.5 Å². The monoisotopic (exact) mass is 261 g/mol. The molecule has 0 heterocycles. The Balaban J connectivity index is 2.98. The van der Waals surface area contributed by atoms with Gasteiger partial charge in [0.05, 0.1) is 16.7 Å². The van der Waals surface area contributed by atoms with Crippen molar-refractivity contribution in [2.45, 2.75) is 19.8 Å². The van der Waals surface area contributed by atoms with Crippen molar-refractivity contribution in [2.24, 2.45) is 11.1 Å². The van der Waals surface area contributed by atoms with E-state index in [1.54, 1.807) is 6.07 Å². The first kappa shape index (κ1) is 13.8. The van der Waals surface area contributed by atoms with Crippen molar-refractivity contribution in [3.63, 3.8) is 0 Å². The van der Waals surface area contributed by atoms with Crippen molar-refractivity contribution in [1.29, 1.82) is 0 Å². The summed E-state index contributed by atoms with van der Waals surface area (Å²) >= 11 is 12.1. The number of rotatable bonds is 5. The standard InChI is InChI=1S/C12H17Cl2NO/c1-2-12(7-15,8-16)6-9-4-3-5-10(13)11(9)14/h3-5,16H,2,6-8,15H2,1H3. The van der Waals surface area contributed by atoms with E-state index in [2.05, 4.69) is 0 Å². The van der Waals surface area contributed by atoms with Gasteiger partial charge in [0.15, 0.2) is 0 Å². The van der Waals surface area contributed by atoms with Crippen LogP contribution in [0.4, 0.5) is 0 Å². The van der Waals surface area contributed by atoms with Crippen molar-refractivity contribution in [3.05, 3.63) is 33.8 Å². The molecule has 0 amide bonds. The highest BCUT2D eigenvalue weighted by atomic mass is 35.5. The van der Waals surface area contributed by atoms with E-state index in [1.807, 2.05) is 19.1 Å². The Morgan fingerprint density at radius 2 is 2.06 bits per heavy atom. The second-order valence-corrected chi connectivity index (χ2v) is 4.89. The second-order valence-electron chi connectivity index (χ2n) is 4.11. The van der Waals surface area contributed by atoms with E-state index >= 15 is 0 Å². The summed E-state index contributed by atoms with van der Waals surface area (Å²) in [7, 11) is 0. The van der Waals surface area contributed by atoms with Crippen LogP contribution in [0.1, 0.15) is 18.9 Å². The minimum absolute atomic E-state index is 0.0584. The van der Waals surface area contributed by atoms with Gasteiger partial charge in [-0.15, -0.1) is 0 Å². The molecule has 4 heteroatoms. The van der Waals surface area contributed by atoms with E-state index < -0.39 is 0 Å². The van der Waals surface area contributed by atoms with Crippen molar-refractivity contribution in [3.8, 4) is 0 Å². The SMILES string of the molecule is CCC(CN)(CO)Cc1cccc(Cl)c1Cl. The summed E-state index contributed by atoms with van der Waals surface area (Å²) in [6.07, 6.45) is 1.46. The van der Waals surface area contributed by atoms with Crippen molar-refractivity contribution in [1.82, 2.24) is 0 Å². The Hall–Kier alpha value is -0.280. The first-order valence-corrected chi connectivity index (χ1v) is 6.08. The quantitative estimate of drug-likeness (QED) is 0.857. The van der Waals surface area contributed by atoms with E-state index in [0.29, 0.717) is 23.0 Å². The summed E-state index contributed by atoms with van der Waals surface area (Å²) < 4.78 is 0. The normalized spacial score (nSPS) is 14.8. The van der Waals surface area contributed by atoms with Gasteiger partial charge in [-0.2, -0.15) is 0 Å². The molecule has 1 rings (SSSR count). The van der Waals surface area contributed by atoms with E-state index in [1.165, 1.54) is 0 Å². The zero-order valence-electron chi connectivity index (χ0n) is 9.34. The fraction of sp³-hybridized carbons (Fsp3) is 0.500. The Labute approximate surface area is 106 Å². The molecule has 0 aliphatic carbocycles. The van der Waals surface area contributed by atoms with Gasteiger partial charge in [-0.1, -0.05) is 42.3 Å². The van der Waals surface area contributed by atoms with Crippen molar-refractivity contribution in [2.75, 3.05) is 13.2 Å². The van der Waals surface area contributed by atoms with Crippen LogP contribution in [0.5, 0.6) is 0 Å². The molecule has 2 nitrogen and oxygen atoms in total. The number of halogens is 2. The summed E-state index contributed by atoms with van der Waals surface area (Å²) in [5.74, 6) is 0. The topological polar surface area (TPSA) is 46.2 Å². The highest BCUT2D eigenvalue weighted by Gasteiger charge is 2.27. The lowest BCUT2D eigenvalue weighted by atomic mass is 9.80. The van der Waals surface area contributed by atoms with Crippen molar-refractivity contribution >= 4 is 23.2 Å². The van der Waals surface area contributed by atoms with E-state index in [0.717, 1.165) is 12.0 Å². The third-order valence-electron chi connectivity index (χ3n) is 3.12. The number of benzene rings is 1. The first-order valence-electron chi connectivity index (χ1n) is 5.32. The first-order chi connectivity index (χ1) is 7.58. The predicted octanol–water partition coefficient (Wildman–Crippen LogP) is 2.88. The minimum Gasteiger partial charge on any atom is -0.396 e. The lowest BCUT2D eigenvalue weighted by molar-refractivity contribution is 0.127. The average Bonchev–Trinajstić information content (AvgIpc) is 2.32. The fourth-order valence-electron chi connectivity index (χ4n) is 1.66. The van der Waals surface area contributed by atoms with Crippen LogP contribution in [0, 0.1) is 5.41 Å². The number of nitrogens with two attached hydrogens (primary N) is 1. The summed E-state index contributed by atoms with van der Waals surface area (Å²) in [6.45, 7) is 2.51. The van der Waals surface area contributed by atoms with Gasteiger partial charge in [-0.25, -0.2) is 0 Å². The van der Waals surface area contributed by atoms with Gasteiger partial charge in [0, 0.05) is 12.0 Å². The molecule has 0 aliphatic heterocycles. The van der Waals surface area contributed by atoms with Gasteiger partial charge in [0.2, 0.25) is 0 Å². The fourth-order valence-corrected chi connectivity index (χ4v) is 2.05. The zero-order valence-corrected chi connectivity index (χ0v) is 10.9. The average molecular weight is 262 g/mol. The Morgan fingerprint density at radius 1 is 1.38 bits per heavy atom. The van der Waals surface area contributed by atoms with Crippen LogP contribution in [0.25, 0.3) is 0 Å². The lowest BCUT2D eigenvalue weighted by Crippen LogP contribution is -2.35. The molecule has 0 fully saturated rings.